The number of hydrogen-bond donors (Lipinski definition) is 1. The van der Waals surface area contributed by atoms with Crippen LogP contribution < -0.4 is 5.32 Å². The monoisotopic (exact) mass is 323 g/mol. The van der Waals surface area contributed by atoms with Crippen molar-refractivity contribution in [1.29, 1.82) is 0 Å². The van der Waals surface area contributed by atoms with E-state index in [-0.39, 0.29) is 11.9 Å². The Labute approximate surface area is 136 Å². The summed E-state index contributed by atoms with van der Waals surface area (Å²) in [5, 5.41) is 3.61. The van der Waals surface area contributed by atoms with Gasteiger partial charge < -0.3 is 10.1 Å². The van der Waals surface area contributed by atoms with Crippen LogP contribution >= 0.6 is 11.3 Å². The van der Waals surface area contributed by atoms with Crippen molar-refractivity contribution in [1.82, 2.24) is 0 Å². The Kier molecular flexibility index (Phi) is 6.00. The predicted molar refractivity (Wildman–Crippen MR) is 89.6 cm³/mol. The SMILES string of the molecule is CCCCCC(=O)Nc1sc2c(c1C(=O)OC)CCC(C)C2. The van der Waals surface area contributed by atoms with Crippen molar-refractivity contribution in [3.05, 3.63) is 16.0 Å². The van der Waals surface area contributed by atoms with Gasteiger partial charge >= 0.3 is 5.97 Å². The summed E-state index contributed by atoms with van der Waals surface area (Å²) in [4.78, 5) is 25.4. The second kappa shape index (κ2) is 7.77. The average Bonchev–Trinajstić information content (AvgIpc) is 2.83. The van der Waals surface area contributed by atoms with Crippen molar-refractivity contribution in [3.63, 3.8) is 0 Å². The van der Waals surface area contributed by atoms with Crippen LogP contribution in [0.5, 0.6) is 0 Å². The number of esters is 1. The second-order valence-corrected chi connectivity index (χ2v) is 7.16. The molecule has 0 saturated heterocycles. The molecule has 1 aliphatic rings. The van der Waals surface area contributed by atoms with Gasteiger partial charge in [-0.25, -0.2) is 4.79 Å². The van der Waals surface area contributed by atoms with E-state index in [1.54, 1.807) is 11.3 Å². The lowest BCUT2D eigenvalue weighted by Crippen LogP contribution is -2.15. The number of ether oxygens (including phenoxy) is 1. The first kappa shape index (κ1) is 17.0. The van der Waals surface area contributed by atoms with Crippen LogP contribution in [0.15, 0.2) is 0 Å². The number of rotatable bonds is 6. The van der Waals surface area contributed by atoms with Gasteiger partial charge in [0.25, 0.3) is 0 Å². The summed E-state index contributed by atoms with van der Waals surface area (Å²) >= 11 is 1.54. The highest BCUT2D eigenvalue weighted by Crippen LogP contribution is 2.40. The number of hydrogen-bond acceptors (Lipinski definition) is 4. The molecule has 0 aromatic carbocycles. The zero-order valence-electron chi connectivity index (χ0n) is 13.7. The number of thiophene rings is 1. The van der Waals surface area contributed by atoms with Crippen molar-refractivity contribution < 1.29 is 14.3 Å². The van der Waals surface area contributed by atoms with Crippen molar-refractivity contribution in [2.24, 2.45) is 5.92 Å². The second-order valence-electron chi connectivity index (χ2n) is 6.05. The fraction of sp³-hybridized carbons (Fsp3) is 0.647. The van der Waals surface area contributed by atoms with Gasteiger partial charge in [0.15, 0.2) is 0 Å². The lowest BCUT2D eigenvalue weighted by atomic mass is 9.88. The molecule has 1 atom stereocenters. The summed E-state index contributed by atoms with van der Waals surface area (Å²) in [6.45, 7) is 4.34. The molecule has 1 aromatic heterocycles. The molecule has 4 nitrogen and oxygen atoms in total. The number of nitrogens with one attached hydrogen (secondary N) is 1. The maximum absolute atomic E-state index is 12.1. The van der Waals surface area contributed by atoms with Crippen LogP contribution in [0.1, 0.15) is 66.8 Å². The minimum atomic E-state index is -0.337. The third-order valence-electron chi connectivity index (χ3n) is 4.16. The molecule has 1 aliphatic carbocycles. The number of carbonyl (C=O) groups excluding carboxylic acids is 2. The van der Waals surface area contributed by atoms with E-state index >= 15 is 0 Å². The van der Waals surface area contributed by atoms with E-state index in [9.17, 15) is 9.59 Å². The van der Waals surface area contributed by atoms with Crippen LogP contribution in [-0.2, 0) is 22.4 Å². The van der Waals surface area contributed by atoms with Gasteiger partial charge in [0, 0.05) is 11.3 Å². The van der Waals surface area contributed by atoms with Crippen molar-refractivity contribution >= 4 is 28.2 Å². The van der Waals surface area contributed by atoms with Gasteiger partial charge in [-0.1, -0.05) is 26.7 Å². The topological polar surface area (TPSA) is 55.4 Å². The van der Waals surface area contributed by atoms with Gasteiger partial charge in [0.2, 0.25) is 5.91 Å². The van der Waals surface area contributed by atoms with Crippen LogP contribution in [0.25, 0.3) is 0 Å². The number of unbranched alkanes of at least 4 members (excludes halogenated alkanes) is 2. The summed E-state index contributed by atoms with van der Waals surface area (Å²) in [6.07, 6.45) is 6.49. The van der Waals surface area contributed by atoms with Crippen LogP contribution in [-0.4, -0.2) is 19.0 Å². The van der Waals surface area contributed by atoms with Crippen LogP contribution in [0.2, 0.25) is 0 Å². The van der Waals surface area contributed by atoms with Crippen LogP contribution in [0, 0.1) is 5.92 Å². The number of fused-ring (bicyclic) bond motifs is 1. The molecule has 1 aromatic rings. The van der Waals surface area contributed by atoms with E-state index in [4.69, 9.17) is 4.74 Å². The van der Waals surface area contributed by atoms with Gasteiger partial charge in [0.1, 0.15) is 5.00 Å². The number of carbonyl (C=O) groups is 2. The summed E-state index contributed by atoms with van der Waals surface area (Å²) in [5.41, 5.74) is 1.66. The van der Waals surface area contributed by atoms with Gasteiger partial charge in [0.05, 0.1) is 12.7 Å². The van der Waals surface area contributed by atoms with E-state index in [2.05, 4.69) is 19.2 Å². The molecular weight excluding hydrogens is 298 g/mol. The van der Waals surface area contributed by atoms with E-state index < -0.39 is 0 Å². The zero-order chi connectivity index (χ0) is 16.1. The molecule has 1 amide bonds. The van der Waals surface area contributed by atoms with Crippen molar-refractivity contribution in [2.75, 3.05) is 12.4 Å². The first-order valence-electron chi connectivity index (χ1n) is 8.09. The molecule has 2 rings (SSSR count). The highest BCUT2D eigenvalue weighted by molar-refractivity contribution is 7.17. The summed E-state index contributed by atoms with van der Waals surface area (Å²) in [5.74, 6) is 0.283. The number of amides is 1. The number of methoxy groups -OCH3 is 1. The van der Waals surface area contributed by atoms with Crippen LogP contribution in [0.3, 0.4) is 0 Å². The molecule has 1 heterocycles. The Morgan fingerprint density at radius 1 is 1.36 bits per heavy atom. The van der Waals surface area contributed by atoms with Gasteiger partial charge in [-0.2, -0.15) is 0 Å². The molecular formula is C17H25NO3S. The highest BCUT2D eigenvalue weighted by Gasteiger charge is 2.28. The first-order chi connectivity index (χ1) is 10.6. The van der Waals surface area contributed by atoms with Gasteiger partial charge in [-0.05, 0) is 37.2 Å². The van der Waals surface area contributed by atoms with E-state index in [1.165, 1.54) is 12.0 Å². The Bertz CT molecular complexity index is 550. The van der Waals surface area contributed by atoms with Crippen molar-refractivity contribution in [2.45, 2.75) is 58.8 Å². The lowest BCUT2D eigenvalue weighted by Gasteiger charge is -2.18. The maximum atomic E-state index is 12.1. The fourth-order valence-electron chi connectivity index (χ4n) is 2.88. The average molecular weight is 323 g/mol. The summed E-state index contributed by atoms with van der Waals surface area (Å²) in [6, 6.07) is 0. The Balaban J connectivity index is 2.19. The minimum absolute atomic E-state index is 0.00903. The Morgan fingerprint density at radius 2 is 2.14 bits per heavy atom. The van der Waals surface area contributed by atoms with E-state index in [0.717, 1.165) is 44.1 Å². The molecule has 1 unspecified atom stereocenters. The van der Waals surface area contributed by atoms with Crippen LogP contribution in [0.4, 0.5) is 5.00 Å². The molecule has 0 radical (unpaired) electrons. The van der Waals surface area contributed by atoms with Crippen molar-refractivity contribution in [3.8, 4) is 0 Å². The molecule has 122 valence electrons. The fourth-order valence-corrected chi connectivity index (χ4v) is 4.30. The number of anilines is 1. The normalized spacial score (nSPS) is 17.0. The van der Waals surface area contributed by atoms with Gasteiger partial charge in [-0.3, -0.25) is 4.79 Å². The lowest BCUT2D eigenvalue weighted by molar-refractivity contribution is -0.116. The third-order valence-corrected chi connectivity index (χ3v) is 5.33. The maximum Gasteiger partial charge on any atom is 0.341 e. The van der Waals surface area contributed by atoms with E-state index in [0.29, 0.717) is 22.9 Å². The Hall–Kier alpha value is -1.36. The largest absolute Gasteiger partial charge is 0.465 e. The molecule has 0 fully saturated rings. The summed E-state index contributed by atoms with van der Waals surface area (Å²) in [7, 11) is 1.39. The predicted octanol–water partition coefficient (Wildman–Crippen LogP) is 4.18. The smallest absolute Gasteiger partial charge is 0.341 e. The standard InChI is InChI=1S/C17H25NO3S/c1-4-5-6-7-14(19)18-16-15(17(20)21-3)12-9-8-11(2)10-13(12)22-16/h11H,4-10H2,1-3H3,(H,18,19). The molecule has 5 heteroatoms. The molecule has 0 aliphatic heterocycles. The zero-order valence-corrected chi connectivity index (χ0v) is 14.5. The minimum Gasteiger partial charge on any atom is -0.465 e. The molecule has 22 heavy (non-hydrogen) atoms. The summed E-state index contributed by atoms with van der Waals surface area (Å²) < 4.78 is 4.92. The van der Waals surface area contributed by atoms with E-state index in [1.807, 2.05) is 0 Å². The highest BCUT2D eigenvalue weighted by atomic mass is 32.1. The molecule has 0 spiro atoms. The quantitative estimate of drug-likeness (QED) is 0.631. The molecule has 0 saturated carbocycles. The molecule has 1 N–H and O–H groups in total. The Morgan fingerprint density at radius 3 is 2.82 bits per heavy atom. The first-order valence-corrected chi connectivity index (χ1v) is 8.91. The van der Waals surface area contributed by atoms with Gasteiger partial charge in [-0.15, -0.1) is 11.3 Å². The third kappa shape index (κ3) is 3.88. The molecule has 0 bridgehead atoms.